The van der Waals surface area contributed by atoms with Crippen LogP contribution in [0.25, 0.3) is 0 Å². The maximum atomic E-state index is 13.2. The summed E-state index contributed by atoms with van der Waals surface area (Å²) in [5.41, 5.74) is 9.07. The number of hydrogen-bond donors (Lipinski definition) is 3. The van der Waals surface area contributed by atoms with Gasteiger partial charge in [-0.25, -0.2) is 13.6 Å². The maximum absolute atomic E-state index is 13.2. The average Bonchev–Trinajstić information content (AvgIpc) is 2.59. The van der Waals surface area contributed by atoms with Gasteiger partial charge in [0.15, 0.2) is 5.78 Å². The van der Waals surface area contributed by atoms with Crippen LogP contribution >= 0.6 is 0 Å². The predicted molar refractivity (Wildman–Crippen MR) is 111 cm³/mol. The molecule has 0 spiro atoms. The van der Waals surface area contributed by atoms with Crippen LogP contribution in [0.1, 0.15) is 33.5 Å². The Labute approximate surface area is 166 Å². The van der Waals surface area contributed by atoms with Crippen molar-refractivity contribution in [2.24, 2.45) is 5.14 Å². The van der Waals surface area contributed by atoms with Gasteiger partial charge in [0, 0.05) is 30.6 Å². The fraction of sp³-hybridized carbons (Fsp3) is 0.350. The van der Waals surface area contributed by atoms with Crippen LogP contribution in [0.3, 0.4) is 0 Å². The van der Waals surface area contributed by atoms with Crippen molar-refractivity contribution in [3.8, 4) is 0 Å². The number of fused-ring (bicyclic) bond motifs is 2. The molecule has 5 N–H and O–H groups in total. The molecule has 8 heteroatoms. The van der Waals surface area contributed by atoms with Gasteiger partial charge in [-0.3, -0.25) is 4.79 Å². The normalized spacial score (nSPS) is 13.8. The van der Waals surface area contributed by atoms with E-state index in [0.29, 0.717) is 35.3 Å². The van der Waals surface area contributed by atoms with Gasteiger partial charge >= 0.3 is 0 Å². The molecule has 0 heterocycles. The number of quaternary nitrogens is 1. The molecule has 0 atom stereocenters. The lowest BCUT2D eigenvalue weighted by molar-refractivity contribution is -0.870. The van der Waals surface area contributed by atoms with Gasteiger partial charge in [0.05, 0.1) is 38.9 Å². The van der Waals surface area contributed by atoms with E-state index in [-0.39, 0.29) is 16.4 Å². The van der Waals surface area contributed by atoms with E-state index < -0.39 is 10.0 Å². The van der Waals surface area contributed by atoms with Crippen molar-refractivity contribution in [1.29, 1.82) is 0 Å². The molecule has 1 aliphatic carbocycles. The molecule has 0 unspecified atom stereocenters. The number of benzene rings is 2. The number of anilines is 2. The number of primary sulfonamides is 1. The minimum atomic E-state index is -4.02. The number of nitrogens with two attached hydrogens (primary N) is 2. The van der Waals surface area contributed by atoms with Crippen molar-refractivity contribution in [3.05, 3.63) is 52.6 Å². The van der Waals surface area contributed by atoms with Crippen molar-refractivity contribution >= 4 is 27.2 Å². The van der Waals surface area contributed by atoms with E-state index in [0.717, 1.165) is 23.0 Å². The third kappa shape index (κ3) is 4.04. The summed E-state index contributed by atoms with van der Waals surface area (Å²) in [6.07, 6.45) is 1.25. The Morgan fingerprint density at radius 1 is 1.18 bits per heavy atom. The Morgan fingerprint density at radius 3 is 2.50 bits per heavy atom. The topological polar surface area (TPSA) is 115 Å². The number of nitrogens with one attached hydrogen (secondary N) is 1. The monoisotopic (exact) mass is 403 g/mol. The maximum Gasteiger partial charge on any atom is 0.240 e. The van der Waals surface area contributed by atoms with Gasteiger partial charge < -0.3 is 15.5 Å². The number of nitrogens with zero attached hydrogens (tertiary/aromatic N) is 1. The fourth-order valence-corrected chi connectivity index (χ4v) is 4.25. The summed E-state index contributed by atoms with van der Waals surface area (Å²) in [4.78, 5) is 13.0. The Morgan fingerprint density at radius 2 is 1.86 bits per heavy atom. The standard InChI is InChI=1S/C20H26N4O3S/c1-24(2,3)10-6-9-23-16-12-17(28(22,26)27)19(21)15-11-13-7-4-5-8-14(13)20(25)18(15)16/h4-5,7-8,12H,6,9-11,21H2,1-3H3,(H2-,22,23,25,26,27)/p+1. The summed E-state index contributed by atoms with van der Waals surface area (Å²) >= 11 is 0. The molecule has 0 amide bonds. The Balaban J connectivity index is 2.06. The van der Waals surface area contributed by atoms with Gasteiger partial charge in [-0.15, -0.1) is 0 Å². The highest BCUT2D eigenvalue weighted by Gasteiger charge is 2.31. The second-order valence-electron chi connectivity index (χ2n) is 8.19. The molecule has 28 heavy (non-hydrogen) atoms. The van der Waals surface area contributed by atoms with Crippen LogP contribution in [0.5, 0.6) is 0 Å². The van der Waals surface area contributed by atoms with Crippen LogP contribution in [-0.4, -0.2) is 52.9 Å². The number of hydrogen-bond acceptors (Lipinski definition) is 5. The van der Waals surface area contributed by atoms with E-state index >= 15 is 0 Å². The molecular weight excluding hydrogens is 376 g/mol. The van der Waals surface area contributed by atoms with Crippen molar-refractivity contribution in [1.82, 2.24) is 0 Å². The first-order valence-corrected chi connectivity index (χ1v) is 10.7. The van der Waals surface area contributed by atoms with Crippen molar-refractivity contribution in [2.75, 3.05) is 45.3 Å². The van der Waals surface area contributed by atoms with E-state index in [2.05, 4.69) is 26.5 Å². The molecule has 1 aliphatic rings. The highest BCUT2D eigenvalue weighted by molar-refractivity contribution is 7.89. The van der Waals surface area contributed by atoms with Crippen molar-refractivity contribution < 1.29 is 17.7 Å². The zero-order valence-electron chi connectivity index (χ0n) is 16.5. The third-order valence-corrected chi connectivity index (χ3v) is 5.87. The number of carbonyl (C=O) groups is 1. The van der Waals surface area contributed by atoms with Crippen molar-refractivity contribution in [3.63, 3.8) is 0 Å². The first-order chi connectivity index (χ1) is 13.0. The summed E-state index contributed by atoms with van der Waals surface area (Å²) in [6, 6.07) is 8.69. The minimum Gasteiger partial charge on any atom is -0.397 e. The van der Waals surface area contributed by atoms with Crippen LogP contribution in [-0.2, 0) is 16.4 Å². The molecule has 2 aromatic rings. The molecule has 0 aromatic heterocycles. The van der Waals surface area contributed by atoms with Crippen molar-refractivity contribution in [2.45, 2.75) is 17.7 Å². The number of carbonyl (C=O) groups excluding carboxylic acids is 1. The number of nitrogen functional groups attached to an aromatic ring is 1. The summed E-state index contributed by atoms with van der Waals surface area (Å²) in [6.45, 7) is 1.54. The fourth-order valence-electron chi connectivity index (χ4n) is 3.54. The summed E-state index contributed by atoms with van der Waals surface area (Å²) in [7, 11) is 2.29. The molecule has 0 radical (unpaired) electrons. The number of rotatable bonds is 6. The molecule has 0 fully saturated rings. The zero-order chi connectivity index (χ0) is 20.7. The van der Waals surface area contributed by atoms with Crippen LogP contribution in [0.4, 0.5) is 11.4 Å². The van der Waals surface area contributed by atoms with Crippen LogP contribution in [0.2, 0.25) is 0 Å². The van der Waals surface area contributed by atoms with Gasteiger partial charge in [-0.05, 0) is 17.2 Å². The second kappa shape index (κ2) is 7.20. The van der Waals surface area contributed by atoms with Gasteiger partial charge in [-0.2, -0.15) is 0 Å². The van der Waals surface area contributed by atoms with E-state index in [1.807, 2.05) is 18.2 Å². The average molecular weight is 404 g/mol. The number of ketones is 1. The SMILES string of the molecule is C[N+](C)(C)CCCNc1cc(S(N)(=O)=O)c(N)c2c1C(=O)c1ccccc1C2. The number of sulfonamides is 1. The van der Waals surface area contributed by atoms with E-state index in [1.54, 1.807) is 6.07 Å². The molecule has 150 valence electrons. The van der Waals surface area contributed by atoms with Crippen LogP contribution in [0.15, 0.2) is 35.2 Å². The van der Waals surface area contributed by atoms with Crippen LogP contribution < -0.4 is 16.2 Å². The third-order valence-electron chi connectivity index (χ3n) is 4.92. The van der Waals surface area contributed by atoms with E-state index in [9.17, 15) is 13.2 Å². The summed E-state index contributed by atoms with van der Waals surface area (Å²) in [5.74, 6) is -0.154. The molecule has 7 nitrogen and oxygen atoms in total. The Bertz CT molecular complexity index is 1040. The molecule has 3 rings (SSSR count). The molecule has 0 bridgehead atoms. The first kappa shape index (κ1) is 20.3. The first-order valence-electron chi connectivity index (χ1n) is 9.14. The summed E-state index contributed by atoms with van der Waals surface area (Å²) < 4.78 is 24.9. The molecule has 0 saturated carbocycles. The minimum absolute atomic E-state index is 0.0530. The molecule has 0 aliphatic heterocycles. The molecule has 2 aromatic carbocycles. The highest BCUT2D eigenvalue weighted by Crippen LogP contribution is 2.38. The van der Waals surface area contributed by atoms with E-state index in [1.165, 1.54) is 6.07 Å². The lowest BCUT2D eigenvalue weighted by Gasteiger charge is -2.26. The zero-order valence-corrected chi connectivity index (χ0v) is 17.3. The summed E-state index contributed by atoms with van der Waals surface area (Å²) in [5, 5.41) is 8.62. The van der Waals surface area contributed by atoms with Crippen LogP contribution in [0, 0.1) is 0 Å². The van der Waals surface area contributed by atoms with Gasteiger partial charge in [-0.1, -0.05) is 24.3 Å². The lowest BCUT2D eigenvalue weighted by atomic mass is 9.83. The predicted octanol–water partition coefficient (Wildman–Crippen LogP) is 1.56. The van der Waals surface area contributed by atoms with Gasteiger partial charge in [0.2, 0.25) is 10.0 Å². The largest absolute Gasteiger partial charge is 0.397 e. The molecule has 0 saturated heterocycles. The second-order valence-corrected chi connectivity index (χ2v) is 9.72. The van der Waals surface area contributed by atoms with Gasteiger partial charge in [0.1, 0.15) is 4.90 Å². The quantitative estimate of drug-likeness (QED) is 0.328. The van der Waals surface area contributed by atoms with E-state index in [4.69, 9.17) is 10.9 Å². The van der Waals surface area contributed by atoms with Gasteiger partial charge in [0.25, 0.3) is 0 Å². The Hall–Kier alpha value is -2.42. The Kier molecular flexibility index (Phi) is 5.22. The lowest BCUT2D eigenvalue weighted by Crippen LogP contribution is -2.36. The highest BCUT2D eigenvalue weighted by atomic mass is 32.2. The smallest absolute Gasteiger partial charge is 0.240 e. The molecular formula is C20H27N4O3S+.